The van der Waals surface area contributed by atoms with Crippen molar-refractivity contribution in [1.29, 1.82) is 0 Å². The van der Waals surface area contributed by atoms with Gasteiger partial charge in [0.15, 0.2) is 0 Å². The summed E-state index contributed by atoms with van der Waals surface area (Å²) in [6.07, 6.45) is 4.66. The summed E-state index contributed by atoms with van der Waals surface area (Å²) < 4.78 is 1.01. The average Bonchev–Trinajstić information content (AvgIpc) is 2.94. The molecule has 1 aromatic heterocycles. The zero-order chi connectivity index (χ0) is 14.8. The fourth-order valence-corrected chi connectivity index (χ4v) is 3.24. The van der Waals surface area contributed by atoms with E-state index in [4.69, 9.17) is 0 Å². The first kappa shape index (κ1) is 14.3. The van der Waals surface area contributed by atoms with Crippen molar-refractivity contribution in [2.45, 2.75) is 38.0 Å². The highest BCUT2D eigenvalue weighted by Gasteiger charge is 2.24. The maximum Gasteiger partial charge on any atom is 0.258 e. The van der Waals surface area contributed by atoms with Crippen LogP contribution in [0.2, 0.25) is 0 Å². The summed E-state index contributed by atoms with van der Waals surface area (Å²) >= 11 is 3.39. The predicted octanol–water partition coefficient (Wildman–Crippen LogP) is 3.49. The zero-order valence-electron chi connectivity index (χ0n) is 11.6. The molecule has 0 amide bonds. The number of H-pyrrole nitrogens is 1. The van der Waals surface area contributed by atoms with Crippen LogP contribution in [-0.2, 0) is 6.42 Å². The minimum Gasteiger partial charge on any atom is -0.493 e. The normalized spacial score (nSPS) is 15.5. The monoisotopic (exact) mass is 348 g/mol. The fourth-order valence-electron chi connectivity index (χ4n) is 2.98. The van der Waals surface area contributed by atoms with Crippen molar-refractivity contribution in [1.82, 2.24) is 9.97 Å². The predicted molar refractivity (Wildman–Crippen MR) is 84.7 cm³/mol. The van der Waals surface area contributed by atoms with Crippen LogP contribution in [0.15, 0.2) is 33.5 Å². The van der Waals surface area contributed by atoms with Crippen LogP contribution in [0.1, 0.15) is 48.6 Å². The molecular weight excluding hydrogens is 332 g/mol. The van der Waals surface area contributed by atoms with Gasteiger partial charge in [-0.05, 0) is 36.5 Å². The van der Waals surface area contributed by atoms with Crippen LogP contribution in [0.5, 0.6) is 5.88 Å². The van der Waals surface area contributed by atoms with E-state index in [-0.39, 0.29) is 17.4 Å². The molecule has 0 spiro atoms. The lowest BCUT2D eigenvalue weighted by molar-refractivity contribution is 0.432. The third-order valence-electron chi connectivity index (χ3n) is 4.03. The molecule has 0 aliphatic heterocycles. The van der Waals surface area contributed by atoms with Crippen LogP contribution in [0.3, 0.4) is 0 Å². The van der Waals surface area contributed by atoms with Crippen LogP contribution in [0, 0.1) is 0 Å². The summed E-state index contributed by atoms with van der Waals surface area (Å²) in [5.41, 5.74) is 1.31. The molecule has 110 valence electrons. The lowest BCUT2D eigenvalue weighted by Crippen LogP contribution is -2.19. The Morgan fingerprint density at radius 1 is 1.24 bits per heavy atom. The summed E-state index contributed by atoms with van der Waals surface area (Å²) in [4.78, 5) is 19.2. The minimum atomic E-state index is -0.193. The van der Waals surface area contributed by atoms with E-state index in [2.05, 4.69) is 25.9 Å². The molecule has 2 aromatic rings. The van der Waals surface area contributed by atoms with Gasteiger partial charge >= 0.3 is 0 Å². The molecule has 3 rings (SSSR count). The van der Waals surface area contributed by atoms with Gasteiger partial charge in [-0.3, -0.25) is 4.79 Å². The van der Waals surface area contributed by atoms with Crippen LogP contribution in [0.25, 0.3) is 0 Å². The van der Waals surface area contributed by atoms with Gasteiger partial charge in [-0.25, -0.2) is 0 Å². The van der Waals surface area contributed by atoms with Gasteiger partial charge in [0.05, 0.1) is 5.56 Å². The van der Waals surface area contributed by atoms with Gasteiger partial charge in [-0.2, -0.15) is 4.98 Å². The molecule has 0 saturated heterocycles. The molecule has 1 aliphatic rings. The Morgan fingerprint density at radius 2 is 1.90 bits per heavy atom. The largest absolute Gasteiger partial charge is 0.493 e. The van der Waals surface area contributed by atoms with E-state index in [9.17, 15) is 9.90 Å². The van der Waals surface area contributed by atoms with Gasteiger partial charge in [0.1, 0.15) is 5.82 Å². The van der Waals surface area contributed by atoms with Crippen LogP contribution in [0.4, 0.5) is 0 Å². The number of hydrogen-bond acceptors (Lipinski definition) is 3. The smallest absolute Gasteiger partial charge is 0.258 e. The Hall–Kier alpha value is -1.62. The van der Waals surface area contributed by atoms with Crippen molar-refractivity contribution in [3.05, 3.63) is 56.0 Å². The van der Waals surface area contributed by atoms with Gasteiger partial charge in [0, 0.05) is 10.9 Å². The summed E-state index contributed by atoms with van der Waals surface area (Å²) in [5.74, 6) is 0.558. The molecule has 1 aliphatic carbocycles. The fraction of sp³-hybridized carbons (Fsp3) is 0.375. The van der Waals surface area contributed by atoms with E-state index in [1.807, 2.05) is 24.3 Å². The number of hydrogen-bond donors (Lipinski definition) is 2. The van der Waals surface area contributed by atoms with Crippen molar-refractivity contribution < 1.29 is 5.11 Å². The van der Waals surface area contributed by atoms with Crippen molar-refractivity contribution in [3.8, 4) is 5.88 Å². The standard InChI is InChI=1S/C16H17BrN2O2/c17-12-7-5-10(6-8-12)9-13-18-15(20)14(16(21)19-13)11-3-1-2-4-11/h5-8,11H,1-4,9H2,(H2,18,19,20,21). The van der Waals surface area contributed by atoms with Crippen LogP contribution < -0.4 is 5.56 Å². The number of aromatic amines is 1. The third kappa shape index (κ3) is 3.18. The number of aromatic hydroxyl groups is 1. The molecule has 2 N–H and O–H groups in total. The van der Waals surface area contributed by atoms with E-state index in [0.717, 1.165) is 35.7 Å². The SMILES string of the molecule is O=c1[nH]c(Cc2ccc(Br)cc2)nc(O)c1C1CCCC1. The molecule has 1 saturated carbocycles. The van der Waals surface area contributed by atoms with Gasteiger partial charge in [0.2, 0.25) is 5.88 Å². The molecule has 0 atom stereocenters. The topological polar surface area (TPSA) is 66.0 Å². The highest BCUT2D eigenvalue weighted by atomic mass is 79.9. The second kappa shape index (κ2) is 6.02. The first-order valence-electron chi connectivity index (χ1n) is 7.20. The summed E-state index contributed by atoms with van der Waals surface area (Å²) in [7, 11) is 0. The molecule has 21 heavy (non-hydrogen) atoms. The second-order valence-electron chi connectivity index (χ2n) is 5.53. The number of nitrogens with one attached hydrogen (secondary N) is 1. The highest BCUT2D eigenvalue weighted by molar-refractivity contribution is 9.10. The summed E-state index contributed by atoms with van der Waals surface area (Å²) in [5, 5.41) is 10.1. The Balaban J connectivity index is 1.87. The lowest BCUT2D eigenvalue weighted by atomic mass is 10.00. The van der Waals surface area contributed by atoms with Crippen molar-refractivity contribution in [2.75, 3.05) is 0 Å². The highest BCUT2D eigenvalue weighted by Crippen LogP contribution is 2.35. The van der Waals surface area contributed by atoms with Crippen molar-refractivity contribution in [2.24, 2.45) is 0 Å². The lowest BCUT2D eigenvalue weighted by Gasteiger charge is -2.11. The van der Waals surface area contributed by atoms with E-state index < -0.39 is 0 Å². The van der Waals surface area contributed by atoms with Crippen molar-refractivity contribution in [3.63, 3.8) is 0 Å². The van der Waals surface area contributed by atoms with E-state index in [1.165, 1.54) is 0 Å². The number of halogens is 1. The number of rotatable bonds is 3. The molecular formula is C16H17BrN2O2. The van der Waals surface area contributed by atoms with Crippen LogP contribution in [-0.4, -0.2) is 15.1 Å². The van der Waals surface area contributed by atoms with Gasteiger partial charge in [-0.15, -0.1) is 0 Å². The quantitative estimate of drug-likeness (QED) is 0.892. The number of aromatic nitrogens is 2. The molecule has 4 nitrogen and oxygen atoms in total. The maximum atomic E-state index is 12.2. The molecule has 0 unspecified atom stereocenters. The van der Waals surface area contributed by atoms with E-state index in [0.29, 0.717) is 17.8 Å². The maximum absolute atomic E-state index is 12.2. The Kier molecular flexibility index (Phi) is 4.10. The van der Waals surface area contributed by atoms with Crippen LogP contribution >= 0.6 is 15.9 Å². The third-order valence-corrected chi connectivity index (χ3v) is 4.56. The average molecular weight is 349 g/mol. The molecule has 1 aromatic carbocycles. The summed E-state index contributed by atoms with van der Waals surface area (Å²) in [6, 6.07) is 7.82. The summed E-state index contributed by atoms with van der Waals surface area (Å²) in [6.45, 7) is 0. The first-order valence-corrected chi connectivity index (χ1v) is 7.99. The molecule has 1 fully saturated rings. The number of benzene rings is 1. The second-order valence-corrected chi connectivity index (χ2v) is 6.45. The molecule has 5 heteroatoms. The first-order chi connectivity index (χ1) is 10.1. The molecule has 1 heterocycles. The molecule has 0 bridgehead atoms. The Bertz CT molecular complexity index is 688. The number of nitrogens with zero attached hydrogens (tertiary/aromatic N) is 1. The minimum absolute atomic E-state index is 0.0993. The Morgan fingerprint density at radius 3 is 2.52 bits per heavy atom. The molecule has 0 radical (unpaired) electrons. The zero-order valence-corrected chi connectivity index (χ0v) is 13.2. The van der Waals surface area contributed by atoms with E-state index in [1.54, 1.807) is 0 Å². The van der Waals surface area contributed by atoms with Gasteiger partial charge < -0.3 is 10.1 Å². The van der Waals surface area contributed by atoms with E-state index >= 15 is 0 Å². The van der Waals surface area contributed by atoms with Crippen molar-refractivity contribution >= 4 is 15.9 Å². The van der Waals surface area contributed by atoms with Gasteiger partial charge in [0.25, 0.3) is 5.56 Å². The van der Waals surface area contributed by atoms with Gasteiger partial charge in [-0.1, -0.05) is 40.9 Å². The Labute approximate surface area is 131 Å².